The molecule has 1 aliphatic heterocycles. The SMILES string of the molecule is CC(C)c1ccc(F)cc1OCCOCCNC(=O)CN1CCCC1. The fraction of sp³-hybridized carbons (Fsp3) is 0.632. The van der Waals surface area contributed by atoms with Crippen LogP contribution in [-0.2, 0) is 9.53 Å². The summed E-state index contributed by atoms with van der Waals surface area (Å²) in [4.78, 5) is 13.9. The number of hydrogen-bond donors (Lipinski definition) is 1. The smallest absolute Gasteiger partial charge is 0.234 e. The summed E-state index contributed by atoms with van der Waals surface area (Å²) in [7, 11) is 0. The molecule has 1 aromatic carbocycles. The summed E-state index contributed by atoms with van der Waals surface area (Å²) in [5, 5.41) is 2.85. The second-order valence-corrected chi connectivity index (χ2v) is 6.63. The van der Waals surface area contributed by atoms with Crippen LogP contribution in [0.4, 0.5) is 4.39 Å². The lowest BCUT2D eigenvalue weighted by Crippen LogP contribution is -2.37. The molecular formula is C19H29FN2O3. The number of benzene rings is 1. The van der Waals surface area contributed by atoms with Gasteiger partial charge < -0.3 is 14.8 Å². The van der Waals surface area contributed by atoms with Crippen LogP contribution in [0, 0.1) is 5.82 Å². The van der Waals surface area contributed by atoms with Gasteiger partial charge in [-0.3, -0.25) is 9.69 Å². The van der Waals surface area contributed by atoms with Crippen LogP contribution in [-0.4, -0.2) is 56.8 Å². The van der Waals surface area contributed by atoms with E-state index < -0.39 is 0 Å². The Morgan fingerprint density at radius 3 is 2.72 bits per heavy atom. The van der Waals surface area contributed by atoms with Crippen molar-refractivity contribution < 1.29 is 18.7 Å². The molecule has 0 atom stereocenters. The van der Waals surface area contributed by atoms with Crippen LogP contribution in [0.2, 0.25) is 0 Å². The third-order valence-electron chi connectivity index (χ3n) is 4.22. The Labute approximate surface area is 149 Å². The molecule has 0 aliphatic carbocycles. The van der Waals surface area contributed by atoms with Gasteiger partial charge in [0.05, 0.1) is 19.8 Å². The largest absolute Gasteiger partial charge is 0.491 e. The van der Waals surface area contributed by atoms with Gasteiger partial charge in [0.1, 0.15) is 18.2 Å². The van der Waals surface area contributed by atoms with E-state index in [1.807, 2.05) is 13.8 Å². The molecule has 0 aromatic heterocycles. The summed E-state index contributed by atoms with van der Waals surface area (Å²) < 4.78 is 24.4. The Hall–Kier alpha value is -1.66. The highest BCUT2D eigenvalue weighted by Gasteiger charge is 2.14. The molecule has 0 unspecified atom stereocenters. The Kier molecular flexibility index (Phi) is 8.15. The zero-order chi connectivity index (χ0) is 18.1. The molecule has 0 spiro atoms. The van der Waals surface area contributed by atoms with E-state index in [1.165, 1.54) is 25.0 Å². The van der Waals surface area contributed by atoms with Crippen molar-refractivity contribution >= 4 is 5.91 Å². The molecular weight excluding hydrogens is 323 g/mol. The molecule has 1 fully saturated rings. The number of nitrogens with one attached hydrogen (secondary N) is 1. The number of nitrogens with zero attached hydrogens (tertiary/aromatic N) is 1. The Balaban J connectivity index is 1.56. The molecule has 2 rings (SSSR count). The van der Waals surface area contributed by atoms with Crippen LogP contribution >= 0.6 is 0 Å². The van der Waals surface area contributed by atoms with Crippen molar-refractivity contribution in [3.63, 3.8) is 0 Å². The number of halogens is 1. The molecule has 0 radical (unpaired) electrons. The van der Waals surface area contributed by atoms with Crippen LogP contribution < -0.4 is 10.1 Å². The van der Waals surface area contributed by atoms with Crippen LogP contribution in [0.1, 0.15) is 38.2 Å². The molecule has 0 saturated carbocycles. The van der Waals surface area contributed by atoms with Gasteiger partial charge >= 0.3 is 0 Å². The number of carbonyl (C=O) groups excluding carboxylic acids is 1. The van der Waals surface area contributed by atoms with E-state index in [-0.39, 0.29) is 17.6 Å². The average Bonchev–Trinajstić information content (AvgIpc) is 3.06. The van der Waals surface area contributed by atoms with Gasteiger partial charge in [-0.15, -0.1) is 0 Å². The second kappa shape index (κ2) is 10.4. The van der Waals surface area contributed by atoms with Crippen LogP contribution in [0.15, 0.2) is 18.2 Å². The number of likely N-dealkylation sites (tertiary alicyclic amines) is 1. The van der Waals surface area contributed by atoms with Crippen molar-refractivity contribution in [3.8, 4) is 5.75 Å². The summed E-state index contributed by atoms with van der Waals surface area (Å²) in [6.07, 6.45) is 2.36. The topological polar surface area (TPSA) is 50.8 Å². The minimum absolute atomic E-state index is 0.0445. The highest BCUT2D eigenvalue weighted by atomic mass is 19.1. The predicted octanol–water partition coefficient (Wildman–Crippen LogP) is 2.56. The molecule has 1 saturated heterocycles. The standard InChI is InChI=1S/C19H29FN2O3/c1-15(2)17-6-5-16(20)13-18(17)25-12-11-24-10-7-21-19(23)14-22-8-3-4-9-22/h5-6,13,15H,3-4,7-12,14H2,1-2H3,(H,21,23). The van der Waals surface area contributed by atoms with E-state index in [1.54, 1.807) is 6.07 Å². The van der Waals surface area contributed by atoms with Gasteiger partial charge in [-0.25, -0.2) is 4.39 Å². The maximum atomic E-state index is 13.4. The van der Waals surface area contributed by atoms with Gasteiger partial charge in [0.25, 0.3) is 0 Å². The lowest BCUT2D eigenvalue weighted by molar-refractivity contribution is -0.122. The highest BCUT2D eigenvalue weighted by Crippen LogP contribution is 2.27. The minimum atomic E-state index is -0.305. The van der Waals surface area contributed by atoms with Crippen LogP contribution in [0.25, 0.3) is 0 Å². The average molecular weight is 352 g/mol. The van der Waals surface area contributed by atoms with Crippen molar-refractivity contribution in [2.75, 3.05) is 46.0 Å². The third-order valence-corrected chi connectivity index (χ3v) is 4.22. The van der Waals surface area contributed by atoms with Crippen molar-refractivity contribution in [1.82, 2.24) is 10.2 Å². The number of rotatable bonds is 10. The summed E-state index contributed by atoms with van der Waals surface area (Å²) in [5.41, 5.74) is 0.982. The third kappa shape index (κ3) is 7.00. The zero-order valence-corrected chi connectivity index (χ0v) is 15.2. The van der Waals surface area contributed by atoms with E-state index in [2.05, 4.69) is 10.2 Å². The fourth-order valence-electron chi connectivity index (χ4n) is 2.89. The molecule has 1 amide bonds. The van der Waals surface area contributed by atoms with Gasteiger partial charge in [-0.1, -0.05) is 19.9 Å². The van der Waals surface area contributed by atoms with E-state index in [0.717, 1.165) is 18.7 Å². The Bertz CT molecular complexity index is 545. The molecule has 1 N–H and O–H groups in total. The lowest BCUT2D eigenvalue weighted by Gasteiger charge is -2.15. The Morgan fingerprint density at radius 1 is 1.24 bits per heavy atom. The van der Waals surface area contributed by atoms with Gasteiger partial charge in [0.15, 0.2) is 0 Å². The van der Waals surface area contributed by atoms with Crippen LogP contribution in [0.3, 0.4) is 0 Å². The van der Waals surface area contributed by atoms with E-state index in [9.17, 15) is 9.18 Å². The highest BCUT2D eigenvalue weighted by molar-refractivity contribution is 5.78. The van der Waals surface area contributed by atoms with Crippen molar-refractivity contribution in [1.29, 1.82) is 0 Å². The molecule has 1 aromatic rings. The first-order chi connectivity index (χ1) is 12.1. The van der Waals surface area contributed by atoms with Gasteiger partial charge in [-0.05, 0) is 43.5 Å². The first kappa shape index (κ1) is 19.7. The van der Waals surface area contributed by atoms with Gasteiger partial charge in [0.2, 0.25) is 5.91 Å². The first-order valence-corrected chi connectivity index (χ1v) is 9.05. The molecule has 140 valence electrons. The normalized spacial score (nSPS) is 14.9. The maximum Gasteiger partial charge on any atom is 0.234 e. The zero-order valence-electron chi connectivity index (χ0n) is 15.2. The van der Waals surface area contributed by atoms with Crippen LogP contribution in [0.5, 0.6) is 5.75 Å². The molecule has 6 heteroatoms. The lowest BCUT2D eigenvalue weighted by atomic mass is 10.0. The monoisotopic (exact) mass is 352 g/mol. The number of ether oxygens (including phenoxy) is 2. The van der Waals surface area contributed by atoms with Crippen molar-refractivity contribution in [2.24, 2.45) is 0 Å². The number of carbonyl (C=O) groups is 1. The van der Waals surface area contributed by atoms with Gasteiger partial charge in [0, 0.05) is 12.6 Å². The molecule has 5 nitrogen and oxygen atoms in total. The number of amides is 1. The van der Waals surface area contributed by atoms with Crippen molar-refractivity contribution in [3.05, 3.63) is 29.6 Å². The Morgan fingerprint density at radius 2 is 2.00 bits per heavy atom. The van der Waals surface area contributed by atoms with Crippen molar-refractivity contribution in [2.45, 2.75) is 32.6 Å². The van der Waals surface area contributed by atoms with Gasteiger partial charge in [-0.2, -0.15) is 0 Å². The first-order valence-electron chi connectivity index (χ1n) is 9.05. The number of hydrogen-bond acceptors (Lipinski definition) is 4. The van der Waals surface area contributed by atoms with E-state index in [4.69, 9.17) is 9.47 Å². The quantitative estimate of drug-likeness (QED) is 0.658. The van der Waals surface area contributed by atoms with E-state index in [0.29, 0.717) is 38.7 Å². The summed E-state index contributed by atoms with van der Waals surface area (Å²) in [6, 6.07) is 4.61. The fourth-order valence-corrected chi connectivity index (χ4v) is 2.89. The summed E-state index contributed by atoms with van der Waals surface area (Å²) in [6.45, 7) is 8.27. The molecule has 1 aliphatic rings. The van der Waals surface area contributed by atoms with E-state index >= 15 is 0 Å². The second-order valence-electron chi connectivity index (χ2n) is 6.63. The summed E-state index contributed by atoms with van der Waals surface area (Å²) >= 11 is 0. The predicted molar refractivity (Wildman–Crippen MR) is 95.5 cm³/mol. The molecule has 0 bridgehead atoms. The minimum Gasteiger partial charge on any atom is -0.491 e. The molecule has 25 heavy (non-hydrogen) atoms. The molecule has 1 heterocycles. The summed E-state index contributed by atoms with van der Waals surface area (Å²) in [5.74, 6) is 0.573. The maximum absolute atomic E-state index is 13.4.